The van der Waals surface area contributed by atoms with Gasteiger partial charge in [0.1, 0.15) is 5.76 Å². The molecule has 2 rings (SSSR count). The third-order valence-electron chi connectivity index (χ3n) is 3.14. The molecule has 0 spiro atoms. The molecule has 2 amide bonds. The minimum Gasteiger partial charge on any atom is -0.462 e. The third-order valence-corrected chi connectivity index (χ3v) is 3.14. The van der Waals surface area contributed by atoms with E-state index in [-0.39, 0.29) is 5.41 Å². The van der Waals surface area contributed by atoms with Crippen molar-refractivity contribution in [3.05, 3.63) is 41.7 Å². The molecular formula is C17H21N3O4. The van der Waals surface area contributed by atoms with Crippen molar-refractivity contribution < 1.29 is 18.8 Å². The van der Waals surface area contributed by atoms with Crippen molar-refractivity contribution in [2.75, 3.05) is 17.2 Å². The number of hydrogen-bond donors (Lipinski definition) is 2. The number of nitrogens with zero attached hydrogens (tertiary/aromatic N) is 1. The number of benzene rings is 1. The summed E-state index contributed by atoms with van der Waals surface area (Å²) in [4.78, 5) is 23.5. The van der Waals surface area contributed by atoms with E-state index >= 15 is 0 Å². The van der Waals surface area contributed by atoms with Crippen molar-refractivity contribution >= 4 is 23.5 Å². The van der Waals surface area contributed by atoms with Gasteiger partial charge in [-0.15, -0.1) is 0 Å². The number of nitrogens with one attached hydrogen (secondary N) is 2. The third kappa shape index (κ3) is 4.58. The number of urea groups is 1. The molecule has 24 heavy (non-hydrogen) atoms. The molecule has 0 aliphatic carbocycles. The maximum atomic E-state index is 12.0. The van der Waals surface area contributed by atoms with Gasteiger partial charge in [-0.2, -0.15) is 0 Å². The van der Waals surface area contributed by atoms with E-state index in [0.29, 0.717) is 29.4 Å². The molecule has 0 unspecified atom stereocenters. The summed E-state index contributed by atoms with van der Waals surface area (Å²) >= 11 is 0. The number of carbonyl (C=O) groups excluding carboxylic acids is 2. The topological polar surface area (TPSA) is 93.5 Å². The number of hydrogen-bond acceptors (Lipinski definition) is 5. The Morgan fingerprint density at radius 2 is 1.83 bits per heavy atom. The molecular weight excluding hydrogens is 310 g/mol. The summed E-state index contributed by atoms with van der Waals surface area (Å²) in [5.41, 5.74) is 0.779. The van der Waals surface area contributed by atoms with Crippen LogP contribution in [0.5, 0.6) is 0 Å². The summed E-state index contributed by atoms with van der Waals surface area (Å²) in [6.07, 6.45) is 0. The number of carbonyl (C=O) groups is 2. The number of aromatic nitrogens is 1. The zero-order chi connectivity index (χ0) is 17.7. The van der Waals surface area contributed by atoms with Gasteiger partial charge in [-0.1, -0.05) is 25.9 Å². The summed E-state index contributed by atoms with van der Waals surface area (Å²) in [5.74, 6) is 0.614. The number of anilines is 2. The molecule has 0 radical (unpaired) electrons. The molecule has 0 saturated carbocycles. The van der Waals surface area contributed by atoms with Crippen LogP contribution >= 0.6 is 0 Å². The fourth-order valence-electron chi connectivity index (χ4n) is 1.87. The Kier molecular flexibility index (Phi) is 5.23. The van der Waals surface area contributed by atoms with Crippen LogP contribution in [0.3, 0.4) is 0 Å². The van der Waals surface area contributed by atoms with E-state index in [1.54, 1.807) is 37.3 Å². The Bertz CT molecular complexity index is 714. The van der Waals surface area contributed by atoms with E-state index in [0.717, 1.165) is 0 Å². The second-order valence-corrected chi connectivity index (χ2v) is 6.20. The minimum absolute atomic E-state index is 0.188. The molecule has 0 atom stereocenters. The Hall–Kier alpha value is -2.83. The van der Waals surface area contributed by atoms with Gasteiger partial charge < -0.3 is 14.6 Å². The monoisotopic (exact) mass is 331 g/mol. The van der Waals surface area contributed by atoms with Crippen LogP contribution in [0.25, 0.3) is 0 Å². The Morgan fingerprint density at radius 3 is 2.38 bits per heavy atom. The zero-order valence-corrected chi connectivity index (χ0v) is 14.2. The summed E-state index contributed by atoms with van der Waals surface area (Å²) in [6.45, 7) is 8.02. The lowest BCUT2D eigenvalue weighted by Gasteiger charge is -2.12. The van der Waals surface area contributed by atoms with Gasteiger partial charge in [-0.25, -0.2) is 9.59 Å². The van der Waals surface area contributed by atoms with E-state index in [1.165, 1.54) is 0 Å². The molecule has 128 valence electrons. The number of rotatable bonds is 4. The highest BCUT2D eigenvalue weighted by Crippen LogP contribution is 2.24. The van der Waals surface area contributed by atoms with E-state index in [4.69, 9.17) is 9.26 Å². The van der Waals surface area contributed by atoms with Crippen LogP contribution in [-0.4, -0.2) is 23.8 Å². The van der Waals surface area contributed by atoms with Crippen molar-refractivity contribution in [2.24, 2.45) is 0 Å². The molecule has 7 heteroatoms. The maximum absolute atomic E-state index is 12.0. The number of esters is 1. The molecule has 2 aromatic rings. The molecule has 0 fully saturated rings. The van der Waals surface area contributed by atoms with E-state index in [9.17, 15) is 9.59 Å². The fourth-order valence-corrected chi connectivity index (χ4v) is 1.87. The van der Waals surface area contributed by atoms with Gasteiger partial charge in [0.05, 0.1) is 12.2 Å². The van der Waals surface area contributed by atoms with Gasteiger partial charge in [0.2, 0.25) is 0 Å². The molecule has 2 N–H and O–H groups in total. The van der Waals surface area contributed by atoms with Gasteiger partial charge >= 0.3 is 12.0 Å². The first-order valence-corrected chi connectivity index (χ1v) is 7.62. The maximum Gasteiger partial charge on any atom is 0.338 e. The first-order chi connectivity index (χ1) is 11.3. The average molecular weight is 331 g/mol. The normalized spacial score (nSPS) is 11.0. The fraction of sp³-hybridized carbons (Fsp3) is 0.353. The quantitative estimate of drug-likeness (QED) is 0.831. The van der Waals surface area contributed by atoms with Crippen molar-refractivity contribution in [3.63, 3.8) is 0 Å². The van der Waals surface area contributed by atoms with Crippen molar-refractivity contribution in [3.8, 4) is 0 Å². The van der Waals surface area contributed by atoms with Crippen LogP contribution in [0.15, 0.2) is 34.9 Å². The van der Waals surface area contributed by atoms with E-state index in [1.807, 2.05) is 20.8 Å². The van der Waals surface area contributed by atoms with Gasteiger partial charge in [0.25, 0.3) is 0 Å². The Morgan fingerprint density at radius 1 is 1.17 bits per heavy atom. The van der Waals surface area contributed by atoms with Gasteiger partial charge in [-0.3, -0.25) is 5.32 Å². The molecule has 1 aromatic carbocycles. The van der Waals surface area contributed by atoms with Gasteiger partial charge in [-0.05, 0) is 31.2 Å². The van der Waals surface area contributed by atoms with Crippen LogP contribution in [0.4, 0.5) is 16.3 Å². The summed E-state index contributed by atoms with van der Waals surface area (Å²) in [7, 11) is 0. The van der Waals surface area contributed by atoms with E-state index < -0.39 is 12.0 Å². The lowest BCUT2D eigenvalue weighted by molar-refractivity contribution is 0.0526. The smallest absolute Gasteiger partial charge is 0.338 e. The van der Waals surface area contributed by atoms with Crippen LogP contribution in [-0.2, 0) is 10.2 Å². The minimum atomic E-state index is -0.451. The summed E-state index contributed by atoms with van der Waals surface area (Å²) in [6, 6.07) is 7.64. The molecule has 7 nitrogen and oxygen atoms in total. The molecule has 0 aliphatic rings. The summed E-state index contributed by atoms with van der Waals surface area (Å²) < 4.78 is 10.1. The zero-order valence-electron chi connectivity index (χ0n) is 14.2. The van der Waals surface area contributed by atoms with Gasteiger partial charge in [0.15, 0.2) is 5.82 Å². The first-order valence-electron chi connectivity index (χ1n) is 7.62. The van der Waals surface area contributed by atoms with Crippen LogP contribution < -0.4 is 10.6 Å². The first kappa shape index (κ1) is 17.5. The highest BCUT2D eigenvalue weighted by atomic mass is 16.5. The van der Waals surface area contributed by atoms with E-state index in [2.05, 4.69) is 15.8 Å². The second-order valence-electron chi connectivity index (χ2n) is 6.20. The average Bonchev–Trinajstić information content (AvgIpc) is 2.96. The summed E-state index contributed by atoms with van der Waals surface area (Å²) in [5, 5.41) is 9.06. The Balaban J connectivity index is 1.95. The molecule has 0 saturated heterocycles. The van der Waals surface area contributed by atoms with Crippen LogP contribution in [0.1, 0.15) is 43.8 Å². The van der Waals surface area contributed by atoms with Crippen LogP contribution in [0.2, 0.25) is 0 Å². The molecule has 1 aromatic heterocycles. The van der Waals surface area contributed by atoms with Crippen molar-refractivity contribution in [2.45, 2.75) is 33.1 Å². The predicted octanol–water partition coefficient (Wildman–Crippen LogP) is 3.79. The van der Waals surface area contributed by atoms with Crippen molar-refractivity contribution in [1.29, 1.82) is 0 Å². The van der Waals surface area contributed by atoms with Gasteiger partial charge in [0, 0.05) is 17.2 Å². The predicted molar refractivity (Wildman–Crippen MR) is 90.2 cm³/mol. The second kappa shape index (κ2) is 7.16. The lowest BCUT2D eigenvalue weighted by atomic mass is 9.93. The Labute approximate surface area is 140 Å². The SMILES string of the molecule is CCOC(=O)c1ccc(NC(=O)Nc2cc(C(C)(C)C)on2)cc1. The number of ether oxygens (including phenoxy) is 1. The lowest BCUT2D eigenvalue weighted by Crippen LogP contribution is -2.19. The largest absolute Gasteiger partial charge is 0.462 e. The van der Waals surface area contributed by atoms with Crippen molar-refractivity contribution in [1.82, 2.24) is 5.16 Å². The molecule has 1 heterocycles. The molecule has 0 aliphatic heterocycles. The highest BCUT2D eigenvalue weighted by molar-refractivity contribution is 5.99. The van der Waals surface area contributed by atoms with Crippen LogP contribution in [0, 0.1) is 0 Å². The standard InChI is InChI=1S/C17H21N3O4/c1-5-23-15(21)11-6-8-12(9-7-11)18-16(22)19-14-10-13(24-20-14)17(2,3)4/h6-10H,5H2,1-4H3,(H2,18,19,20,22). The highest BCUT2D eigenvalue weighted by Gasteiger charge is 2.20. The molecule has 0 bridgehead atoms. The number of amides is 2.